The second kappa shape index (κ2) is 9.12. The molecule has 10 heteroatoms. The summed E-state index contributed by atoms with van der Waals surface area (Å²) in [5.74, 6) is -1.29. The van der Waals surface area contributed by atoms with Crippen molar-refractivity contribution in [3.05, 3.63) is 29.1 Å². The summed E-state index contributed by atoms with van der Waals surface area (Å²) >= 11 is 0. The molecule has 0 spiro atoms. The predicted octanol–water partition coefficient (Wildman–Crippen LogP) is 3.81. The Balaban J connectivity index is 1.67. The number of ether oxygens (including phenoxy) is 2. The van der Waals surface area contributed by atoms with Crippen molar-refractivity contribution in [3.8, 4) is 5.75 Å². The minimum atomic E-state index is -3.80. The van der Waals surface area contributed by atoms with E-state index in [-0.39, 0.29) is 23.0 Å². The summed E-state index contributed by atoms with van der Waals surface area (Å²) in [6.45, 7) is 8.99. The van der Waals surface area contributed by atoms with Crippen LogP contribution in [0.25, 0.3) is 0 Å². The third kappa shape index (κ3) is 7.06. The van der Waals surface area contributed by atoms with Crippen molar-refractivity contribution in [2.75, 3.05) is 26.0 Å². The predicted molar refractivity (Wildman–Crippen MR) is 121 cm³/mol. The van der Waals surface area contributed by atoms with Crippen LogP contribution in [0.4, 0.5) is 9.18 Å². The molecule has 1 heterocycles. The van der Waals surface area contributed by atoms with Crippen LogP contribution in [0.2, 0.25) is 0 Å². The molecule has 33 heavy (non-hydrogen) atoms. The number of nitrogens with zero attached hydrogens (tertiary/aromatic N) is 1. The van der Waals surface area contributed by atoms with E-state index in [1.54, 1.807) is 4.90 Å². The Morgan fingerprint density at radius 3 is 2.33 bits per heavy atom. The van der Waals surface area contributed by atoms with Crippen LogP contribution in [0.15, 0.2) is 12.1 Å². The van der Waals surface area contributed by atoms with Crippen LogP contribution in [-0.2, 0) is 14.8 Å². The number of sulfonamides is 1. The van der Waals surface area contributed by atoms with Gasteiger partial charge in [0.05, 0.1) is 18.4 Å². The summed E-state index contributed by atoms with van der Waals surface area (Å²) in [5, 5.41) is 0. The first-order valence-corrected chi connectivity index (χ1v) is 13.0. The van der Waals surface area contributed by atoms with E-state index >= 15 is 0 Å². The van der Waals surface area contributed by atoms with Gasteiger partial charge in [-0.05, 0) is 64.0 Å². The molecule has 1 N–H and O–H groups in total. The fourth-order valence-electron chi connectivity index (χ4n) is 3.76. The number of hydrogen-bond donors (Lipinski definition) is 1. The SMILES string of the molecule is CC1(COc2cc(F)c(C(=O)NS(C)(=O)=O)cc2C2CC2)CCN(C(=O)OC(C)(C)C)CC1. The van der Waals surface area contributed by atoms with Gasteiger partial charge in [0.1, 0.15) is 17.2 Å². The normalized spacial score (nSPS) is 18.5. The highest BCUT2D eigenvalue weighted by atomic mass is 32.2. The van der Waals surface area contributed by atoms with Gasteiger partial charge in [-0.1, -0.05) is 6.92 Å². The molecule has 0 atom stereocenters. The highest BCUT2D eigenvalue weighted by molar-refractivity contribution is 7.89. The first-order valence-electron chi connectivity index (χ1n) is 11.1. The number of carbonyl (C=O) groups is 2. The summed E-state index contributed by atoms with van der Waals surface area (Å²) in [4.78, 5) is 26.2. The topological polar surface area (TPSA) is 102 Å². The van der Waals surface area contributed by atoms with Gasteiger partial charge >= 0.3 is 6.09 Å². The lowest BCUT2D eigenvalue weighted by Crippen LogP contribution is -2.46. The summed E-state index contributed by atoms with van der Waals surface area (Å²) in [5.41, 5.74) is -0.354. The largest absolute Gasteiger partial charge is 0.493 e. The van der Waals surface area contributed by atoms with E-state index in [0.29, 0.717) is 43.9 Å². The molecule has 2 amide bonds. The molecule has 1 saturated heterocycles. The highest BCUT2D eigenvalue weighted by Crippen LogP contribution is 2.45. The quantitative estimate of drug-likeness (QED) is 0.659. The van der Waals surface area contributed by atoms with Gasteiger partial charge in [-0.2, -0.15) is 0 Å². The van der Waals surface area contributed by atoms with Crippen molar-refractivity contribution < 1.29 is 31.9 Å². The molecule has 1 aromatic rings. The van der Waals surface area contributed by atoms with Crippen molar-refractivity contribution >= 4 is 22.0 Å². The molecule has 0 radical (unpaired) electrons. The van der Waals surface area contributed by atoms with Crippen LogP contribution in [0, 0.1) is 11.2 Å². The lowest BCUT2D eigenvalue weighted by atomic mass is 9.81. The number of rotatable bonds is 6. The molecule has 1 aliphatic heterocycles. The van der Waals surface area contributed by atoms with Crippen molar-refractivity contribution in [3.63, 3.8) is 0 Å². The Labute approximate surface area is 194 Å². The average molecular weight is 485 g/mol. The number of carbonyl (C=O) groups excluding carboxylic acids is 2. The first kappa shape index (κ1) is 25.3. The van der Waals surface area contributed by atoms with E-state index in [1.165, 1.54) is 12.1 Å². The van der Waals surface area contributed by atoms with Gasteiger partial charge in [-0.15, -0.1) is 0 Å². The molecule has 2 fully saturated rings. The van der Waals surface area contributed by atoms with Crippen molar-refractivity contribution in [1.82, 2.24) is 9.62 Å². The Morgan fingerprint density at radius 1 is 1.21 bits per heavy atom. The second-order valence-electron chi connectivity index (χ2n) is 10.4. The zero-order valence-electron chi connectivity index (χ0n) is 19.9. The third-order valence-corrected chi connectivity index (χ3v) is 6.39. The fraction of sp³-hybridized carbons (Fsp3) is 0.652. The van der Waals surface area contributed by atoms with Crippen LogP contribution in [0.3, 0.4) is 0 Å². The highest BCUT2D eigenvalue weighted by Gasteiger charge is 2.35. The molecule has 3 rings (SSSR count). The van der Waals surface area contributed by atoms with Crippen LogP contribution in [0.1, 0.15) is 75.2 Å². The Kier molecular flexibility index (Phi) is 6.98. The Hall–Kier alpha value is -2.36. The first-order chi connectivity index (χ1) is 15.2. The monoisotopic (exact) mass is 484 g/mol. The molecule has 0 unspecified atom stereocenters. The summed E-state index contributed by atoms with van der Waals surface area (Å²) in [6.07, 6.45) is 3.74. The fourth-order valence-corrected chi connectivity index (χ4v) is 4.21. The van der Waals surface area contributed by atoms with E-state index in [1.807, 2.05) is 25.5 Å². The second-order valence-corrected chi connectivity index (χ2v) is 12.2. The number of hydrogen-bond acceptors (Lipinski definition) is 6. The number of halogens is 1. The summed E-state index contributed by atoms with van der Waals surface area (Å²) in [7, 11) is -3.80. The van der Waals surface area contributed by atoms with Crippen molar-refractivity contribution in [1.29, 1.82) is 0 Å². The maximum Gasteiger partial charge on any atom is 0.410 e. The van der Waals surface area contributed by atoms with Crippen LogP contribution in [0.5, 0.6) is 5.75 Å². The van der Waals surface area contributed by atoms with Crippen molar-refractivity contribution in [2.24, 2.45) is 5.41 Å². The van der Waals surface area contributed by atoms with E-state index in [0.717, 1.165) is 19.1 Å². The lowest BCUT2D eigenvalue weighted by molar-refractivity contribution is 0.00584. The summed E-state index contributed by atoms with van der Waals surface area (Å²) in [6, 6.07) is 2.57. The van der Waals surface area contributed by atoms with E-state index < -0.39 is 27.3 Å². The molecule has 0 aromatic heterocycles. The zero-order valence-corrected chi connectivity index (χ0v) is 20.7. The molecule has 184 valence electrons. The van der Waals surface area contributed by atoms with Crippen molar-refractivity contribution in [2.45, 2.75) is 64.9 Å². The molecule has 2 aliphatic rings. The maximum atomic E-state index is 14.7. The Morgan fingerprint density at radius 2 is 1.82 bits per heavy atom. The van der Waals surface area contributed by atoms with Gasteiger partial charge < -0.3 is 14.4 Å². The lowest BCUT2D eigenvalue weighted by Gasteiger charge is -2.39. The van der Waals surface area contributed by atoms with Gasteiger partial charge in [-0.3, -0.25) is 4.79 Å². The van der Waals surface area contributed by atoms with Crippen LogP contribution < -0.4 is 9.46 Å². The molecule has 1 saturated carbocycles. The minimum absolute atomic E-state index is 0.159. The molecule has 1 aromatic carbocycles. The van der Waals surface area contributed by atoms with Gasteiger partial charge in [0.25, 0.3) is 5.91 Å². The van der Waals surface area contributed by atoms with Gasteiger partial charge in [0, 0.05) is 24.6 Å². The zero-order chi connectivity index (χ0) is 24.6. The number of amides is 2. The maximum absolute atomic E-state index is 14.7. The van der Waals surface area contributed by atoms with Crippen LogP contribution in [-0.4, -0.2) is 56.9 Å². The third-order valence-electron chi connectivity index (χ3n) is 5.84. The number of piperidine rings is 1. The Bertz CT molecular complexity index is 1020. The van der Waals surface area contributed by atoms with Gasteiger partial charge in [0.2, 0.25) is 10.0 Å². The number of nitrogens with one attached hydrogen (secondary N) is 1. The van der Waals surface area contributed by atoms with E-state index in [4.69, 9.17) is 9.47 Å². The number of likely N-dealkylation sites (tertiary alicyclic amines) is 1. The van der Waals surface area contributed by atoms with Gasteiger partial charge in [-0.25, -0.2) is 22.3 Å². The van der Waals surface area contributed by atoms with E-state index in [2.05, 4.69) is 6.92 Å². The standard InChI is InChI=1S/C23H33FN2O6S/c1-22(2,3)32-21(28)26-10-8-23(4,9-11-26)14-31-19-13-18(24)17(12-16(19)15-6-7-15)20(27)25-33(5,29)30/h12-13,15H,6-11,14H2,1-5H3,(H,25,27). The minimum Gasteiger partial charge on any atom is -0.493 e. The summed E-state index contributed by atoms with van der Waals surface area (Å²) < 4.78 is 50.7. The van der Waals surface area contributed by atoms with E-state index in [9.17, 15) is 22.4 Å². The smallest absolute Gasteiger partial charge is 0.410 e. The number of benzene rings is 1. The molecule has 1 aliphatic carbocycles. The molecule has 0 bridgehead atoms. The molecular formula is C23H33FN2O6S. The van der Waals surface area contributed by atoms with Crippen LogP contribution >= 0.6 is 0 Å². The molecular weight excluding hydrogens is 451 g/mol. The molecule has 8 nitrogen and oxygen atoms in total. The average Bonchev–Trinajstić information content (AvgIpc) is 3.49. The van der Waals surface area contributed by atoms with Gasteiger partial charge in [0.15, 0.2) is 0 Å².